The molecule has 0 radical (unpaired) electrons. The Morgan fingerprint density at radius 2 is 0.865 bits per heavy atom. The predicted molar refractivity (Wildman–Crippen MR) is 207 cm³/mol. The van der Waals surface area contributed by atoms with Crippen LogP contribution in [0.4, 0.5) is 22.7 Å². The average molecular weight is 754 g/mol. The van der Waals surface area contributed by atoms with E-state index in [-0.39, 0.29) is 11.5 Å². The first-order valence-corrected chi connectivity index (χ1v) is 19.7. The van der Waals surface area contributed by atoms with Crippen LogP contribution in [0.2, 0.25) is 0 Å². The number of nitrogen functional groups attached to an aromatic ring is 4. The van der Waals surface area contributed by atoms with Crippen LogP contribution in [0.3, 0.4) is 0 Å². The standard InChI is InChI=1S/C36H34N7O6P3/c37-29-19-7-11-23-33(29)45-42-50(47-34-24-12-8-20-30(34)38)41-52(48-35-25-13-9-21-31(35)39,49-36-26-14-10-22-32(36)40)43(44-27-15-3-1-4-16-27)51(42)46-28-17-5-2-6-18-28/h1-26H,37-40H2. The Balaban J connectivity index is 1.51. The summed E-state index contributed by atoms with van der Waals surface area (Å²) in [4.78, 5) is 13.4. The van der Waals surface area contributed by atoms with Crippen LogP contribution in [0, 0.1) is 0 Å². The molecule has 1 heterocycles. The lowest BCUT2D eigenvalue weighted by Gasteiger charge is -2.44. The van der Waals surface area contributed by atoms with Crippen molar-refractivity contribution in [2.24, 2.45) is 4.52 Å². The van der Waals surface area contributed by atoms with Gasteiger partial charge in [0.15, 0.2) is 17.2 Å². The van der Waals surface area contributed by atoms with E-state index in [9.17, 15) is 0 Å². The number of hydrogen-bond acceptors (Lipinski definition) is 13. The minimum Gasteiger partial charge on any atom is -0.440 e. The smallest absolute Gasteiger partial charge is 0.440 e. The molecule has 0 fully saturated rings. The summed E-state index contributed by atoms with van der Waals surface area (Å²) in [7, 11) is -8.65. The monoisotopic (exact) mass is 753 g/mol. The van der Waals surface area contributed by atoms with Crippen LogP contribution in [-0.4, -0.2) is 9.21 Å². The summed E-state index contributed by atoms with van der Waals surface area (Å²) < 4.78 is 35.4. The van der Waals surface area contributed by atoms with Crippen LogP contribution in [-0.2, 0) is 0 Å². The molecule has 0 spiro atoms. The summed E-state index contributed by atoms with van der Waals surface area (Å²) in [6.07, 6.45) is 0. The van der Waals surface area contributed by atoms with Gasteiger partial charge < -0.3 is 50.7 Å². The Bertz CT molecular complexity index is 2140. The van der Waals surface area contributed by atoms with E-state index in [2.05, 4.69) is 0 Å². The highest BCUT2D eigenvalue weighted by molar-refractivity contribution is 7.78. The molecule has 0 bridgehead atoms. The maximum Gasteiger partial charge on any atom is 0.447 e. The average Bonchev–Trinajstić information content (AvgIpc) is 3.16. The zero-order valence-corrected chi connectivity index (χ0v) is 30.1. The van der Waals surface area contributed by atoms with E-state index in [1.54, 1.807) is 121 Å². The van der Waals surface area contributed by atoms with Crippen LogP contribution in [0.1, 0.15) is 0 Å². The summed E-state index contributed by atoms with van der Waals surface area (Å²) in [6.45, 7) is 0. The Hall–Kier alpha value is -5.67. The highest BCUT2D eigenvalue weighted by Crippen LogP contribution is 2.78. The molecule has 1 aliphatic rings. The molecule has 0 aromatic heterocycles. The second-order valence-electron chi connectivity index (χ2n) is 10.9. The Labute approximate surface area is 303 Å². The molecule has 7 rings (SSSR count). The number of anilines is 4. The Morgan fingerprint density at radius 1 is 0.442 bits per heavy atom. The predicted octanol–water partition coefficient (Wildman–Crippen LogP) is 9.64. The van der Waals surface area contributed by atoms with Crippen molar-refractivity contribution >= 4 is 47.3 Å². The van der Waals surface area contributed by atoms with E-state index in [1.807, 2.05) is 36.4 Å². The molecule has 0 aliphatic carbocycles. The van der Waals surface area contributed by atoms with Gasteiger partial charge in [0.25, 0.3) is 0 Å². The van der Waals surface area contributed by atoms with E-state index in [1.165, 1.54) is 9.21 Å². The largest absolute Gasteiger partial charge is 0.447 e. The van der Waals surface area contributed by atoms with Crippen molar-refractivity contribution in [3.8, 4) is 34.5 Å². The third-order valence-corrected chi connectivity index (χ3v) is 14.0. The lowest BCUT2D eigenvalue weighted by atomic mass is 10.3. The fourth-order valence-electron chi connectivity index (χ4n) is 4.64. The van der Waals surface area contributed by atoms with Gasteiger partial charge in [0.1, 0.15) is 17.2 Å². The quantitative estimate of drug-likeness (QED) is 0.0688. The van der Waals surface area contributed by atoms with Gasteiger partial charge in [0, 0.05) is 9.21 Å². The lowest BCUT2D eigenvalue weighted by molar-refractivity contribution is 0.0551. The van der Waals surface area contributed by atoms with Crippen LogP contribution in [0.5, 0.6) is 34.5 Å². The van der Waals surface area contributed by atoms with Gasteiger partial charge in [-0.1, -0.05) is 84.9 Å². The molecule has 0 amide bonds. The first-order valence-electron chi connectivity index (χ1n) is 15.8. The molecular weight excluding hydrogens is 719 g/mol. The summed E-state index contributed by atoms with van der Waals surface area (Å²) in [6, 6.07) is 46.3. The third-order valence-electron chi connectivity index (χ3n) is 7.18. The van der Waals surface area contributed by atoms with Gasteiger partial charge in [-0.15, -0.1) is 4.52 Å². The number of para-hydroxylation sites is 10. The number of benzene rings is 6. The van der Waals surface area contributed by atoms with Crippen LogP contribution >= 0.6 is 24.6 Å². The molecule has 1 aliphatic heterocycles. The molecule has 0 saturated carbocycles. The third kappa shape index (κ3) is 7.80. The Kier molecular flexibility index (Phi) is 10.5. The van der Waals surface area contributed by atoms with E-state index in [0.717, 1.165) is 0 Å². The molecule has 6 aromatic rings. The minimum absolute atomic E-state index is 0.265. The van der Waals surface area contributed by atoms with Crippen molar-refractivity contribution in [1.29, 1.82) is 0 Å². The summed E-state index contributed by atoms with van der Waals surface area (Å²) in [5.74, 6) is 2.06. The Morgan fingerprint density at radius 3 is 1.37 bits per heavy atom. The molecule has 0 saturated heterocycles. The van der Waals surface area contributed by atoms with Gasteiger partial charge in [-0.3, -0.25) is 0 Å². The van der Waals surface area contributed by atoms with Gasteiger partial charge in [0.05, 0.1) is 22.7 Å². The first kappa shape index (κ1) is 34.8. The van der Waals surface area contributed by atoms with Gasteiger partial charge in [0.2, 0.25) is 0 Å². The summed E-state index contributed by atoms with van der Waals surface area (Å²) in [5, 5.41) is 0. The summed E-state index contributed by atoms with van der Waals surface area (Å²) >= 11 is 0. The molecule has 6 aromatic carbocycles. The lowest BCUT2D eigenvalue weighted by Crippen LogP contribution is -2.37. The number of nitrogens with two attached hydrogens (primary N) is 4. The van der Waals surface area contributed by atoms with Gasteiger partial charge >= 0.3 is 24.6 Å². The van der Waals surface area contributed by atoms with Crippen molar-refractivity contribution in [1.82, 2.24) is 9.21 Å². The second kappa shape index (κ2) is 15.7. The van der Waals surface area contributed by atoms with Gasteiger partial charge in [-0.2, -0.15) is 0 Å². The SMILES string of the molecule is Nc1ccccc1ON1P(Oc2ccccc2N)N=P(Oc2ccccc2N)(Oc2ccccc2N)N(Oc2ccccc2)P1Oc1ccccc1. The van der Waals surface area contributed by atoms with E-state index >= 15 is 0 Å². The maximum atomic E-state index is 6.88. The fraction of sp³-hybridized carbons (Fsp3) is 0. The molecular formula is C36H34N7O6P3. The number of hydrogen-bond donors (Lipinski definition) is 4. The van der Waals surface area contributed by atoms with E-state index < -0.39 is 24.6 Å². The van der Waals surface area contributed by atoms with Crippen molar-refractivity contribution in [2.75, 3.05) is 22.9 Å². The number of rotatable bonds is 12. The molecule has 16 heteroatoms. The van der Waals surface area contributed by atoms with Crippen molar-refractivity contribution in [3.63, 3.8) is 0 Å². The minimum atomic E-state index is -4.03. The van der Waals surface area contributed by atoms with Crippen molar-refractivity contribution < 1.29 is 27.8 Å². The van der Waals surface area contributed by atoms with Gasteiger partial charge in [-0.25, -0.2) is 0 Å². The van der Waals surface area contributed by atoms with Crippen LogP contribution in [0.25, 0.3) is 0 Å². The normalized spacial score (nSPS) is 16.9. The second-order valence-corrected chi connectivity index (χ2v) is 16.4. The molecule has 8 N–H and O–H groups in total. The van der Waals surface area contributed by atoms with Crippen LogP contribution in [0.15, 0.2) is 162 Å². The number of nitrogens with zero attached hydrogens (tertiary/aromatic N) is 3. The first-order chi connectivity index (χ1) is 25.4. The maximum absolute atomic E-state index is 6.88. The molecule has 52 heavy (non-hydrogen) atoms. The zero-order valence-electron chi connectivity index (χ0n) is 27.5. The molecule has 2 atom stereocenters. The van der Waals surface area contributed by atoms with E-state index in [0.29, 0.717) is 45.7 Å². The van der Waals surface area contributed by atoms with Crippen molar-refractivity contribution in [3.05, 3.63) is 158 Å². The van der Waals surface area contributed by atoms with Gasteiger partial charge in [-0.05, 0) is 72.8 Å². The molecule has 2 unspecified atom stereocenters. The molecule has 13 nitrogen and oxygen atoms in total. The highest BCUT2D eigenvalue weighted by atomic mass is 31.3. The fourth-order valence-corrected chi connectivity index (χ4v) is 12.2. The van der Waals surface area contributed by atoms with E-state index in [4.69, 9.17) is 55.2 Å². The zero-order chi connectivity index (χ0) is 35.9. The summed E-state index contributed by atoms with van der Waals surface area (Å²) in [5.41, 5.74) is 27.2. The highest BCUT2D eigenvalue weighted by Gasteiger charge is 2.58. The molecule has 264 valence electrons. The van der Waals surface area contributed by atoms with Crippen LogP contribution < -0.4 is 50.7 Å². The van der Waals surface area contributed by atoms with Crippen molar-refractivity contribution in [2.45, 2.75) is 0 Å². The topological polar surface area (TPSA) is 178 Å².